The minimum absolute atomic E-state index is 0.120. The van der Waals surface area contributed by atoms with E-state index in [0.29, 0.717) is 11.5 Å². The molecule has 1 rings (SSSR count). The van der Waals surface area contributed by atoms with Gasteiger partial charge >= 0.3 is 6.36 Å². The van der Waals surface area contributed by atoms with Crippen LogP contribution in [0.3, 0.4) is 0 Å². The molecule has 1 unspecified atom stereocenters. The van der Waals surface area contributed by atoms with Crippen molar-refractivity contribution in [3.63, 3.8) is 0 Å². The molecule has 0 amide bonds. The number of thiocarbonyl (C=S) groups is 1. The van der Waals surface area contributed by atoms with Crippen molar-refractivity contribution < 1.29 is 17.9 Å². The van der Waals surface area contributed by atoms with E-state index in [0.717, 1.165) is 19.4 Å². The summed E-state index contributed by atoms with van der Waals surface area (Å²) >= 11 is 4.88. The van der Waals surface area contributed by atoms with E-state index >= 15 is 0 Å². The number of piperidine rings is 1. The highest BCUT2D eigenvalue weighted by molar-refractivity contribution is 7.80. The van der Waals surface area contributed by atoms with E-state index < -0.39 is 6.36 Å². The van der Waals surface area contributed by atoms with Crippen LogP contribution in [0.25, 0.3) is 0 Å². The Morgan fingerprint density at radius 2 is 2.19 bits per heavy atom. The van der Waals surface area contributed by atoms with Crippen molar-refractivity contribution >= 4 is 17.2 Å². The number of nitrogens with zero attached hydrogens (tertiary/aromatic N) is 1. The third-order valence-electron chi connectivity index (χ3n) is 2.58. The SMILES string of the molecule is NC(=S)C1CCCN(CCOC(F)(F)F)C1. The topological polar surface area (TPSA) is 38.5 Å². The Hall–Kier alpha value is -0.400. The molecule has 1 aliphatic rings. The van der Waals surface area contributed by atoms with Crippen LogP contribution in [0.15, 0.2) is 0 Å². The lowest BCUT2D eigenvalue weighted by atomic mass is 9.98. The molecule has 1 atom stereocenters. The lowest BCUT2D eigenvalue weighted by Crippen LogP contribution is -2.42. The van der Waals surface area contributed by atoms with Gasteiger partial charge < -0.3 is 10.6 Å². The molecular formula is C9H15F3N2OS. The number of ether oxygens (including phenoxy) is 1. The van der Waals surface area contributed by atoms with Gasteiger partial charge in [0.05, 0.1) is 11.6 Å². The Kier molecular flexibility index (Phi) is 4.94. The Balaban J connectivity index is 2.24. The van der Waals surface area contributed by atoms with E-state index in [4.69, 9.17) is 18.0 Å². The molecule has 0 saturated carbocycles. The van der Waals surface area contributed by atoms with Gasteiger partial charge in [-0.3, -0.25) is 4.74 Å². The summed E-state index contributed by atoms with van der Waals surface area (Å²) in [6.45, 7) is 1.34. The lowest BCUT2D eigenvalue weighted by Gasteiger charge is -2.31. The minimum Gasteiger partial charge on any atom is -0.393 e. The van der Waals surface area contributed by atoms with Gasteiger partial charge in [-0.15, -0.1) is 13.2 Å². The number of alkyl halides is 3. The number of halogens is 3. The van der Waals surface area contributed by atoms with Crippen LogP contribution in [0.2, 0.25) is 0 Å². The van der Waals surface area contributed by atoms with E-state index in [9.17, 15) is 13.2 Å². The highest BCUT2D eigenvalue weighted by Gasteiger charge is 2.29. The number of hydrogen-bond acceptors (Lipinski definition) is 3. The summed E-state index contributed by atoms with van der Waals surface area (Å²) in [4.78, 5) is 2.35. The van der Waals surface area contributed by atoms with Crippen molar-refractivity contribution in [2.45, 2.75) is 19.2 Å². The zero-order chi connectivity index (χ0) is 12.2. The Bertz CT molecular complexity index is 247. The zero-order valence-corrected chi connectivity index (χ0v) is 9.61. The predicted molar refractivity (Wildman–Crippen MR) is 58.0 cm³/mol. The standard InChI is InChI=1S/C9H15F3N2OS/c10-9(11,12)15-5-4-14-3-1-2-7(6-14)8(13)16/h7H,1-6H2,(H2,13,16). The fraction of sp³-hybridized carbons (Fsp3) is 0.889. The summed E-state index contributed by atoms with van der Waals surface area (Å²) < 4.78 is 38.9. The molecule has 7 heteroatoms. The van der Waals surface area contributed by atoms with E-state index in [-0.39, 0.29) is 19.1 Å². The van der Waals surface area contributed by atoms with E-state index in [1.165, 1.54) is 0 Å². The number of rotatable bonds is 4. The fourth-order valence-corrected chi connectivity index (χ4v) is 1.97. The maximum atomic E-state index is 11.7. The fourth-order valence-electron chi connectivity index (χ4n) is 1.78. The molecule has 0 aliphatic carbocycles. The Morgan fingerprint density at radius 3 is 2.75 bits per heavy atom. The van der Waals surface area contributed by atoms with Gasteiger partial charge in [-0.05, 0) is 19.4 Å². The van der Waals surface area contributed by atoms with Gasteiger partial charge in [-0.25, -0.2) is 0 Å². The maximum Gasteiger partial charge on any atom is 0.522 e. The highest BCUT2D eigenvalue weighted by atomic mass is 32.1. The molecule has 94 valence electrons. The van der Waals surface area contributed by atoms with Crippen molar-refractivity contribution in [2.24, 2.45) is 11.7 Å². The molecule has 0 bridgehead atoms. The normalized spacial score (nSPS) is 23.3. The molecule has 1 fully saturated rings. The second-order valence-electron chi connectivity index (χ2n) is 3.84. The summed E-state index contributed by atoms with van der Waals surface area (Å²) in [7, 11) is 0. The number of nitrogens with two attached hydrogens (primary N) is 1. The second kappa shape index (κ2) is 5.79. The van der Waals surface area contributed by atoms with Crippen molar-refractivity contribution in [2.75, 3.05) is 26.2 Å². The molecule has 16 heavy (non-hydrogen) atoms. The average molecular weight is 256 g/mol. The van der Waals surface area contributed by atoms with Gasteiger partial charge in [0.15, 0.2) is 0 Å². The first kappa shape index (κ1) is 13.7. The van der Waals surface area contributed by atoms with Crippen LogP contribution in [0, 0.1) is 5.92 Å². The van der Waals surface area contributed by atoms with Crippen molar-refractivity contribution in [3.8, 4) is 0 Å². The molecule has 1 heterocycles. The molecule has 0 aromatic heterocycles. The van der Waals surface area contributed by atoms with Crippen molar-refractivity contribution in [1.82, 2.24) is 4.90 Å². The van der Waals surface area contributed by atoms with E-state index in [2.05, 4.69) is 4.74 Å². The summed E-state index contributed by atoms with van der Waals surface area (Å²) in [6.07, 6.45) is -2.71. The van der Waals surface area contributed by atoms with Gasteiger partial charge in [-0.1, -0.05) is 12.2 Å². The van der Waals surface area contributed by atoms with Crippen LogP contribution in [0.4, 0.5) is 13.2 Å². The summed E-state index contributed by atoms with van der Waals surface area (Å²) in [6, 6.07) is 0. The van der Waals surface area contributed by atoms with Gasteiger partial charge in [0.2, 0.25) is 0 Å². The number of likely N-dealkylation sites (tertiary alicyclic amines) is 1. The van der Waals surface area contributed by atoms with Crippen LogP contribution in [0.5, 0.6) is 0 Å². The van der Waals surface area contributed by atoms with Gasteiger partial charge in [-0.2, -0.15) is 0 Å². The first-order valence-corrected chi connectivity index (χ1v) is 5.51. The summed E-state index contributed by atoms with van der Waals surface area (Å²) in [5.41, 5.74) is 5.52. The van der Waals surface area contributed by atoms with Gasteiger partial charge in [0, 0.05) is 19.0 Å². The molecule has 1 aliphatic heterocycles. The first-order chi connectivity index (χ1) is 7.38. The van der Waals surface area contributed by atoms with Crippen LogP contribution >= 0.6 is 12.2 Å². The van der Waals surface area contributed by atoms with Crippen LogP contribution in [-0.2, 0) is 4.74 Å². The second-order valence-corrected chi connectivity index (χ2v) is 4.31. The smallest absolute Gasteiger partial charge is 0.393 e. The third kappa shape index (κ3) is 5.09. The van der Waals surface area contributed by atoms with Crippen LogP contribution < -0.4 is 5.73 Å². The number of hydrogen-bond donors (Lipinski definition) is 1. The highest BCUT2D eigenvalue weighted by Crippen LogP contribution is 2.18. The van der Waals surface area contributed by atoms with Crippen LogP contribution in [0.1, 0.15) is 12.8 Å². The molecule has 0 aromatic carbocycles. The molecule has 0 spiro atoms. The first-order valence-electron chi connectivity index (χ1n) is 5.11. The van der Waals surface area contributed by atoms with Crippen molar-refractivity contribution in [1.29, 1.82) is 0 Å². The average Bonchev–Trinajstić information content (AvgIpc) is 2.16. The maximum absolute atomic E-state index is 11.7. The molecule has 1 saturated heterocycles. The Labute approximate surface area is 97.7 Å². The molecule has 0 aromatic rings. The van der Waals surface area contributed by atoms with Crippen molar-refractivity contribution in [3.05, 3.63) is 0 Å². The minimum atomic E-state index is -4.54. The molecule has 2 N–H and O–H groups in total. The summed E-state index contributed by atoms with van der Waals surface area (Å²) in [5, 5.41) is 0. The molecule has 0 radical (unpaired) electrons. The monoisotopic (exact) mass is 256 g/mol. The zero-order valence-electron chi connectivity index (χ0n) is 8.79. The largest absolute Gasteiger partial charge is 0.522 e. The lowest BCUT2D eigenvalue weighted by molar-refractivity contribution is -0.325. The molecular weight excluding hydrogens is 241 g/mol. The van der Waals surface area contributed by atoms with Gasteiger partial charge in [0.1, 0.15) is 0 Å². The summed E-state index contributed by atoms with van der Waals surface area (Å²) in [5.74, 6) is 0.120. The molecule has 3 nitrogen and oxygen atoms in total. The quantitative estimate of drug-likeness (QED) is 0.774. The van der Waals surface area contributed by atoms with Crippen LogP contribution in [-0.4, -0.2) is 42.5 Å². The Morgan fingerprint density at radius 1 is 1.50 bits per heavy atom. The van der Waals surface area contributed by atoms with E-state index in [1.807, 2.05) is 4.90 Å². The third-order valence-corrected chi connectivity index (χ3v) is 2.91. The van der Waals surface area contributed by atoms with E-state index in [1.54, 1.807) is 0 Å². The van der Waals surface area contributed by atoms with Gasteiger partial charge in [0.25, 0.3) is 0 Å². The predicted octanol–water partition coefficient (Wildman–Crippen LogP) is 1.52.